The van der Waals surface area contributed by atoms with Crippen LogP contribution in [0.15, 0.2) is 67.8 Å². The fraction of sp³-hybridized carbons (Fsp3) is 0.167. The SMILES string of the molecule is C=CCc1cc[c]c(OC2(CC=C)[CH]C=CC=C2)c1. The minimum absolute atomic E-state index is 0.445. The lowest BCUT2D eigenvalue weighted by Crippen LogP contribution is -2.34. The monoisotopic (exact) mass is 250 g/mol. The summed E-state index contributed by atoms with van der Waals surface area (Å²) in [5.41, 5.74) is 0.729. The molecule has 0 aromatic heterocycles. The number of hydrogen-bond donors (Lipinski definition) is 0. The van der Waals surface area contributed by atoms with E-state index in [9.17, 15) is 0 Å². The molecule has 19 heavy (non-hydrogen) atoms. The van der Waals surface area contributed by atoms with Gasteiger partial charge in [0.2, 0.25) is 0 Å². The van der Waals surface area contributed by atoms with Crippen molar-refractivity contribution in [1.82, 2.24) is 0 Å². The van der Waals surface area contributed by atoms with Gasteiger partial charge in [0, 0.05) is 18.9 Å². The highest BCUT2D eigenvalue weighted by molar-refractivity contribution is 5.34. The largest absolute Gasteiger partial charge is 0.482 e. The summed E-state index contributed by atoms with van der Waals surface area (Å²) in [5, 5.41) is 0. The molecule has 0 aliphatic heterocycles. The quantitative estimate of drug-likeness (QED) is 0.686. The van der Waals surface area contributed by atoms with Crippen molar-refractivity contribution in [2.24, 2.45) is 0 Å². The van der Waals surface area contributed by atoms with Crippen LogP contribution >= 0.6 is 0 Å². The van der Waals surface area contributed by atoms with Crippen LogP contribution in [-0.2, 0) is 6.42 Å². The van der Waals surface area contributed by atoms with Crippen LogP contribution in [0, 0.1) is 12.5 Å². The van der Waals surface area contributed by atoms with Gasteiger partial charge in [0.1, 0.15) is 11.4 Å². The molecule has 0 saturated heterocycles. The van der Waals surface area contributed by atoms with Gasteiger partial charge in [0.15, 0.2) is 0 Å². The lowest BCUT2D eigenvalue weighted by Gasteiger charge is -2.31. The van der Waals surface area contributed by atoms with Gasteiger partial charge in [0.05, 0.1) is 0 Å². The molecular weight excluding hydrogens is 232 g/mol. The molecule has 0 saturated carbocycles. The molecule has 1 aliphatic rings. The average molecular weight is 250 g/mol. The third kappa shape index (κ3) is 3.47. The van der Waals surface area contributed by atoms with Crippen molar-refractivity contribution in [3.8, 4) is 5.75 Å². The first kappa shape index (κ1) is 13.4. The third-order valence-corrected chi connectivity index (χ3v) is 2.96. The summed E-state index contributed by atoms with van der Waals surface area (Å²) < 4.78 is 6.12. The maximum absolute atomic E-state index is 6.12. The molecule has 2 rings (SSSR count). The van der Waals surface area contributed by atoms with Crippen molar-refractivity contribution in [3.63, 3.8) is 0 Å². The summed E-state index contributed by atoms with van der Waals surface area (Å²) in [6, 6.07) is 9.05. The summed E-state index contributed by atoms with van der Waals surface area (Å²) in [7, 11) is 0. The third-order valence-electron chi connectivity index (χ3n) is 2.96. The second-order valence-corrected chi connectivity index (χ2v) is 4.51. The Morgan fingerprint density at radius 2 is 2.11 bits per heavy atom. The summed E-state index contributed by atoms with van der Waals surface area (Å²) >= 11 is 0. The van der Waals surface area contributed by atoms with Gasteiger partial charge in [0.25, 0.3) is 0 Å². The molecule has 0 amide bonds. The smallest absolute Gasteiger partial charge is 0.138 e. The molecule has 1 aromatic carbocycles. The molecule has 1 atom stereocenters. The van der Waals surface area contributed by atoms with Gasteiger partial charge in [-0.2, -0.15) is 0 Å². The highest BCUT2D eigenvalue weighted by Gasteiger charge is 2.28. The second-order valence-electron chi connectivity index (χ2n) is 4.51. The standard InChI is InChI=1S/C18H18O/c1-3-9-16-10-8-11-17(15-16)19-18(12-4-2)13-6-5-7-14-18/h3-8,10,13-15H,1-2,9,12H2. The van der Waals surface area contributed by atoms with E-state index < -0.39 is 5.60 Å². The van der Waals surface area contributed by atoms with E-state index in [0.29, 0.717) is 0 Å². The predicted octanol–water partition coefficient (Wildman–Crippen LogP) is 4.24. The molecule has 96 valence electrons. The van der Waals surface area contributed by atoms with E-state index in [1.54, 1.807) is 0 Å². The first-order valence-corrected chi connectivity index (χ1v) is 6.40. The van der Waals surface area contributed by atoms with Crippen LogP contribution in [0.4, 0.5) is 0 Å². The van der Waals surface area contributed by atoms with Crippen LogP contribution in [0.25, 0.3) is 0 Å². The topological polar surface area (TPSA) is 9.23 Å². The Hall–Kier alpha value is -2.02. The fourth-order valence-electron chi connectivity index (χ4n) is 2.07. The summed E-state index contributed by atoms with van der Waals surface area (Å²) in [6.07, 6.45) is 15.4. The van der Waals surface area contributed by atoms with Gasteiger partial charge >= 0.3 is 0 Å². The van der Waals surface area contributed by atoms with Crippen LogP contribution in [0.5, 0.6) is 5.75 Å². The zero-order valence-electron chi connectivity index (χ0n) is 11.0. The number of allylic oxidation sites excluding steroid dienone is 3. The minimum atomic E-state index is -0.445. The van der Waals surface area contributed by atoms with Crippen LogP contribution < -0.4 is 4.74 Å². The summed E-state index contributed by atoms with van der Waals surface area (Å²) in [5.74, 6) is 0.748. The number of rotatable bonds is 6. The molecule has 0 bridgehead atoms. The number of benzene rings is 1. The van der Waals surface area contributed by atoms with Crippen molar-refractivity contribution in [3.05, 3.63) is 85.9 Å². The molecular formula is C18H18O. The van der Waals surface area contributed by atoms with E-state index in [1.165, 1.54) is 5.56 Å². The van der Waals surface area contributed by atoms with Gasteiger partial charge in [-0.3, -0.25) is 0 Å². The molecule has 0 N–H and O–H groups in total. The highest BCUT2D eigenvalue weighted by Crippen LogP contribution is 2.29. The van der Waals surface area contributed by atoms with Gasteiger partial charge in [-0.15, -0.1) is 13.2 Å². The Morgan fingerprint density at radius 3 is 2.79 bits per heavy atom. The van der Waals surface area contributed by atoms with Gasteiger partial charge in [-0.1, -0.05) is 42.5 Å². The summed E-state index contributed by atoms with van der Waals surface area (Å²) in [6.45, 7) is 7.56. The average Bonchev–Trinajstić information content (AvgIpc) is 2.41. The minimum Gasteiger partial charge on any atom is -0.482 e. The van der Waals surface area contributed by atoms with Gasteiger partial charge < -0.3 is 4.74 Å². The van der Waals surface area contributed by atoms with Gasteiger partial charge in [-0.25, -0.2) is 0 Å². The Balaban J connectivity index is 2.19. The normalized spacial score (nSPS) is 21.1. The van der Waals surface area contributed by atoms with Gasteiger partial charge in [-0.05, 0) is 24.1 Å². The van der Waals surface area contributed by atoms with E-state index in [0.717, 1.165) is 18.6 Å². The second kappa shape index (κ2) is 6.24. The van der Waals surface area contributed by atoms with Crippen molar-refractivity contribution >= 4 is 0 Å². The Bertz CT molecular complexity index is 506. The fourth-order valence-corrected chi connectivity index (χ4v) is 2.07. The lowest BCUT2D eigenvalue weighted by atomic mass is 9.91. The maximum atomic E-state index is 6.12. The Labute approximate surface area is 115 Å². The van der Waals surface area contributed by atoms with Crippen molar-refractivity contribution in [2.75, 3.05) is 0 Å². The first-order valence-electron chi connectivity index (χ1n) is 6.40. The highest BCUT2D eigenvalue weighted by atomic mass is 16.5. The lowest BCUT2D eigenvalue weighted by molar-refractivity contribution is 0.160. The van der Waals surface area contributed by atoms with Crippen LogP contribution in [0.2, 0.25) is 0 Å². The van der Waals surface area contributed by atoms with E-state index in [4.69, 9.17) is 4.74 Å². The zero-order chi connectivity index (χ0) is 13.6. The predicted molar refractivity (Wildman–Crippen MR) is 79.9 cm³/mol. The van der Waals surface area contributed by atoms with Crippen molar-refractivity contribution in [1.29, 1.82) is 0 Å². The van der Waals surface area contributed by atoms with Crippen LogP contribution in [0.1, 0.15) is 12.0 Å². The van der Waals surface area contributed by atoms with Crippen molar-refractivity contribution in [2.45, 2.75) is 18.4 Å². The van der Waals surface area contributed by atoms with Crippen molar-refractivity contribution < 1.29 is 4.74 Å². The molecule has 1 unspecified atom stereocenters. The molecule has 1 aliphatic carbocycles. The Morgan fingerprint density at radius 1 is 1.21 bits per heavy atom. The van der Waals surface area contributed by atoms with E-state index in [2.05, 4.69) is 19.2 Å². The molecule has 1 heteroatoms. The number of hydrogen-bond acceptors (Lipinski definition) is 1. The van der Waals surface area contributed by atoms with Crippen LogP contribution in [0.3, 0.4) is 0 Å². The molecule has 2 radical (unpaired) electrons. The maximum Gasteiger partial charge on any atom is 0.138 e. The summed E-state index contributed by atoms with van der Waals surface area (Å²) in [4.78, 5) is 0. The van der Waals surface area contributed by atoms with E-state index in [-0.39, 0.29) is 0 Å². The molecule has 0 heterocycles. The molecule has 1 nitrogen and oxygen atoms in total. The molecule has 0 fully saturated rings. The van der Waals surface area contributed by atoms with E-state index in [1.807, 2.05) is 61.1 Å². The molecule has 0 spiro atoms. The zero-order valence-corrected chi connectivity index (χ0v) is 11.0. The van der Waals surface area contributed by atoms with Crippen LogP contribution in [-0.4, -0.2) is 5.60 Å². The Kier molecular flexibility index (Phi) is 4.40. The van der Waals surface area contributed by atoms with E-state index >= 15 is 0 Å². The molecule has 1 aromatic rings. The number of ether oxygens (including phenoxy) is 1. The first-order chi connectivity index (χ1) is 9.28.